The second-order valence-corrected chi connectivity index (χ2v) is 6.47. The fourth-order valence-electron chi connectivity index (χ4n) is 2.94. The summed E-state index contributed by atoms with van der Waals surface area (Å²) in [7, 11) is 0. The maximum absolute atomic E-state index is 5.85. The van der Waals surface area contributed by atoms with Crippen LogP contribution in [0.15, 0.2) is 24.3 Å². The number of benzene rings is 1. The van der Waals surface area contributed by atoms with Crippen molar-refractivity contribution in [3.05, 3.63) is 24.3 Å². The van der Waals surface area contributed by atoms with Crippen LogP contribution in [0.5, 0.6) is 0 Å². The first kappa shape index (κ1) is 13.1. The van der Waals surface area contributed by atoms with Gasteiger partial charge in [-0.1, -0.05) is 26.0 Å². The molecular weight excluding hydrogens is 250 g/mol. The van der Waals surface area contributed by atoms with Gasteiger partial charge in [0.1, 0.15) is 0 Å². The van der Waals surface area contributed by atoms with Gasteiger partial charge < -0.3 is 5.73 Å². The Bertz CT molecular complexity index is 592. The van der Waals surface area contributed by atoms with E-state index in [4.69, 9.17) is 5.73 Å². The first-order valence-electron chi connectivity index (χ1n) is 7.19. The number of aromatic nitrogens is 4. The summed E-state index contributed by atoms with van der Waals surface area (Å²) in [5.74, 6) is 0.821. The van der Waals surface area contributed by atoms with Crippen LogP contribution in [-0.2, 0) is 0 Å². The molecule has 2 N–H and O–H groups in total. The lowest BCUT2D eigenvalue weighted by Crippen LogP contribution is -2.24. The van der Waals surface area contributed by atoms with Crippen LogP contribution in [0.2, 0.25) is 0 Å². The van der Waals surface area contributed by atoms with Crippen LogP contribution in [0, 0.1) is 5.41 Å². The quantitative estimate of drug-likeness (QED) is 0.852. The van der Waals surface area contributed by atoms with E-state index >= 15 is 0 Å². The van der Waals surface area contributed by atoms with Crippen molar-refractivity contribution in [1.82, 2.24) is 20.2 Å². The van der Waals surface area contributed by atoms with Crippen molar-refractivity contribution in [2.24, 2.45) is 5.41 Å². The van der Waals surface area contributed by atoms with Crippen molar-refractivity contribution in [2.75, 3.05) is 5.73 Å². The van der Waals surface area contributed by atoms with Gasteiger partial charge in [-0.05, 0) is 53.7 Å². The molecule has 0 unspecified atom stereocenters. The number of anilines is 1. The zero-order valence-electron chi connectivity index (χ0n) is 12.1. The molecule has 2 aromatic rings. The van der Waals surface area contributed by atoms with Gasteiger partial charge in [-0.2, -0.15) is 0 Å². The molecule has 0 aliphatic heterocycles. The highest BCUT2D eigenvalue weighted by Gasteiger charge is 2.29. The second kappa shape index (κ2) is 4.89. The fraction of sp³-hybridized carbons (Fsp3) is 0.533. The summed E-state index contributed by atoms with van der Waals surface area (Å²) in [5.41, 5.74) is 8.02. The Morgan fingerprint density at radius 1 is 1.25 bits per heavy atom. The van der Waals surface area contributed by atoms with Crippen LogP contribution in [-0.4, -0.2) is 20.2 Å². The van der Waals surface area contributed by atoms with Crippen molar-refractivity contribution in [2.45, 2.75) is 45.6 Å². The number of nitrogens with zero attached hydrogens (tertiary/aromatic N) is 4. The van der Waals surface area contributed by atoms with Crippen LogP contribution in [0.4, 0.5) is 5.69 Å². The standard InChI is InChI=1S/C15H21N5/c1-15(2)8-6-13(7-9-15)20-14(17-18-19-20)11-4-3-5-12(16)10-11/h3-5,10,13H,6-9,16H2,1-2H3. The lowest BCUT2D eigenvalue weighted by molar-refractivity contribution is 0.185. The molecule has 1 aromatic carbocycles. The topological polar surface area (TPSA) is 69.6 Å². The number of hydrogen-bond acceptors (Lipinski definition) is 4. The van der Waals surface area contributed by atoms with Crippen molar-refractivity contribution >= 4 is 5.69 Å². The molecule has 0 atom stereocenters. The Hall–Kier alpha value is -1.91. The molecule has 20 heavy (non-hydrogen) atoms. The Morgan fingerprint density at radius 2 is 2.00 bits per heavy atom. The molecule has 3 rings (SSSR count). The van der Waals surface area contributed by atoms with E-state index in [1.165, 1.54) is 12.8 Å². The van der Waals surface area contributed by atoms with E-state index in [9.17, 15) is 0 Å². The second-order valence-electron chi connectivity index (χ2n) is 6.47. The van der Waals surface area contributed by atoms with Crippen LogP contribution in [0.3, 0.4) is 0 Å². The average molecular weight is 271 g/mol. The highest BCUT2D eigenvalue weighted by molar-refractivity contribution is 5.60. The number of nitrogens with two attached hydrogens (primary N) is 1. The van der Waals surface area contributed by atoms with Gasteiger partial charge in [0.25, 0.3) is 0 Å². The smallest absolute Gasteiger partial charge is 0.182 e. The molecule has 1 aliphatic rings. The first-order valence-corrected chi connectivity index (χ1v) is 7.19. The third kappa shape index (κ3) is 2.53. The Labute approximate surface area is 119 Å². The summed E-state index contributed by atoms with van der Waals surface area (Å²) in [6, 6.07) is 8.14. The molecule has 1 fully saturated rings. The van der Waals surface area contributed by atoms with E-state index in [1.54, 1.807) is 0 Å². The van der Waals surface area contributed by atoms with E-state index < -0.39 is 0 Å². The zero-order chi connectivity index (χ0) is 14.2. The molecule has 0 bridgehead atoms. The minimum absolute atomic E-state index is 0.398. The van der Waals surface area contributed by atoms with Gasteiger partial charge in [-0.25, -0.2) is 4.68 Å². The third-order valence-corrected chi connectivity index (χ3v) is 4.29. The Kier molecular flexibility index (Phi) is 3.20. The minimum atomic E-state index is 0.398. The van der Waals surface area contributed by atoms with Gasteiger partial charge in [0, 0.05) is 11.3 Å². The van der Waals surface area contributed by atoms with E-state index in [0.717, 1.165) is 29.9 Å². The fourth-order valence-corrected chi connectivity index (χ4v) is 2.94. The summed E-state index contributed by atoms with van der Waals surface area (Å²) in [5, 5.41) is 12.3. The molecule has 0 saturated heterocycles. The van der Waals surface area contributed by atoms with Gasteiger partial charge >= 0.3 is 0 Å². The minimum Gasteiger partial charge on any atom is -0.399 e. The van der Waals surface area contributed by atoms with Gasteiger partial charge in [0.15, 0.2) is 5.82 Å². The van der Waals surface area contributed by atoms with Gasteiger partial charge in [-0.3, -0.25) is 0 Å². The number of tetrazole rings is 1. The number of hydrogen-bond donors (Lipinski definition) is 1. The molecular formula is C15H21N5. The lowest BCUT2D eigenvalue weighted by atomic mass is 9.75. The Morgan fingerprint density at radius 3 is 2.70 bits per heavy atom. The highest BCUT2D eigenvalue weighted by Crippen LogP contribution is 2.40. The average Bonchev–Trinajstić information content (AvgIpc) is 2.88. The van der Waals surface area contributed by atoms with Crippen molar-refractivity contribution in [1.29, 1.82) is 0 Å². The van der Waals surface area contributed by atoms with E-state index in [2.05, 4.69) is 29.4 Å². The molecule has 5 nitrogen and oxygen atoms in total. The van der Waals surface area contributed by atoms with E-state index in [-0.39, 0.29) is 0 Å². The zero-order valence-corrected chi connectivity index (χ0v) is 12.1. The lowest BCUT2D eigenvalue weighted by Gasteiger charge is -2.34. The van der Waals surface area contributed by atoms with Crippen molar-refractivity contribution in [3.63, 3.8) is 0 Å². The molecule has 0 spiro atoms. The van der Waals surface area contributed by atoms with Crippen LogP contribution >= 0.6 is 0 Å². The predicted molar refractivity (Wildman–Crippen MR) is 79.0 cm³/mol. The SMILES string of the molecule is CC1(C)CCC(n2nnnc2-c2cccc(N)c2)CC1. The summed E-state index contributed by atoms with van der Waals surface area (Å²) in [6.45, 7) is 4.67. The van der Waals surface area contributed by atoms with Gasteiger partial charge in [-0.15, -0.1) is 5.10 Å². The predicted octanol–water partition coefficient (Wildman–Crippen LogP) is 3.06. The number of rotatable bonds is 2. The molecule has 1 aromatic heterocycles. The Balaban J connectivity index is 1.88. The molecule has 0 radical (unpaired) electrons. The highest BCUT2D eigenvalue weighted by atomic mass is 15.5. The molecule has 1 saturated carbocycles. The number of nitrogen functional groups attached to an aromatic ring is 1. The van der Waals surface area contributed by atoms with Crippen LogP contribution < -0.4 is 5.73 Å². The molecule has 1 heterocycles. The maximum Gasteiger partial charge on any atom is 0.182 e. The third-order valence-electron chi connectivity index (χ3n) is 4.29. The molecule has 0 amide bonds. The molecule has 106 valence electrons. The van der Waals surface area contributed by atoms with Crippen LogP contribution in [0.1, 0.15) is 45.6 Å². The first-order chi connectivity index (χ1) is 9.55. The van der Waals surface area contributed by atoms with Crippen LogP contribution in [0.25, 0.3) is 11.4 Å². The van der Waals surface area contributed by atoms with E-state index in [1.807, 2.05) is 28.9 Å². The largest absolute Gasteiger partial charge is 0.399 e. The molecule has 1 aliphatic carbocycles. The van der Waals surface area contributed by atoms with Crippen molar-refractivity contribution in [3.8, 4) is 11.4 Å². The summed E-state index contributed by atoms with van der Waals surface area (Å²) >= 11 is 0. The summed E-state index contributed by atoms with van der Waals surface area (Å²) in [4.78, 5) is 0. The summed E-state index contributed by atoms with van der Waals surface area (Å²) < 4.78 is 1.98. The van der Waals surface area contributed by atoms with E-state index in [0.29, 0.717) is 11.5 Å². The van der Waals surface area contributed by atoms with Gasteiger partial charge in [0.05, 0.1) is 6.04 Å². The molecule has 5 heteroatoms. The van der Waals surface area contributed by atoms with Gasteiger partial charge in [0.2, 0.25) is 0 Å². The monoisotopic (exact) mass is 271 g/mol. The summed E-state index contributed by atoms with van der Waals surface area (Å²) in [6.07, 6.45) is 4.70. The maximum atomic E-state index is 5.85. The van der Waals surface area contributed by atoms with Crippen molar-refractivity contribution < 1.29 is 0 Å². The normalized spacial score (nSPS) is 19.1.